The van der Waals surface area contributed by atoms with Crippen molar-refractivity contribution < 1.29 is 19.1 Å². The van der Waals surface area contributed by atoms with Crippen LogP contribution >= 0.6 is 0 Å². The number of hydrogen-bond donors (Lipinski definition) is 1. The van der Waals surface area contributed by atoms with Crippen molar-refractivity contribution in [2.75, 3.05) is 27.3 Å². The minimum Gasteiger partial charge on any atom is -0.497 e. The highest BCUT2D eigenvalue weighted by atomic mass is 16.5. The summed E-state index contributed by atoms with van der Waals surface area (Å²) in [6.45, 7) is 1.49. The van der Waals surface area contributed by atoms with Gasteiger partial charge in [-0.1, -0.05) is 30.3 Å². The molecule has 0 aliphatic carbocycles. The topological polar surface area (TPSA) is 67.9 Å². The summed E-state index contributed by atoms with van der Waals surface area (Å²) >= 11 is 0. The normalized spacial score (nSPS) is 14.8. The Morgan fingerprint density at radius 3 is 2.17 bits per heavy atom. The lowest BCUT2D eigenvalue weighted by Gasteiger charge is -2.31. The number of likely N-dealkylation sites (tertiary alicyclic amines) is 1. The lowest BCUT2D eigenvalue weighted by Crippen LogP contribution is -2.51. The molecule has 154 valence electrons. The maximum Gasteiger partial charge on any atom is 0.252 e. The summed E-state index contributed by atoms with van der Waals surface area (Å²) < 4.78 is 10.5. The van der Waals surface area contributed by atoms with Crippen molar-refractivity contribution in [3.63, 3.8) is 0 Å². The third-order valence-electron chi connectivity index (χ3n) is 5.17. The van der Waals surface area contributed by atoms with Gasteiger partial charge in [0.15, 0.2) is 0 Å². The number of carbonyl (C=O) groups is 2. The zero-order chi connectivity index (χ0) is 20.6. The maximum atomic E-state index is 13.2. The first-order valence-electron chi connectivity index (χ1n) is 9.97. The van der Waals surface area contributed by atoms with Gasteiger partial charge in [0.1, 0.15) is 17.5 Å². The van der Waals surface area contributed by atoms with E-state index in [1.807, 2.05) is 35.2 Å². The molecule has 0 radical (unpaired) electrons. The molecule has 1 aliphatic heterocycles. The second kappa shape index (κ2) is 9.96. The van der Waals surface area contributed by atoms with E-state index in [2.05, 4.69) is 5.32 Å². The monoisotopic (exact) mass is 396 g/mol. The first kappa shape index (κ1) is 20.7. The van der Waals surface area contributed by atoms with E-state index in [-0.39, 0.29) is 11.8 Å². The van der Waals surface area contributed by atoms with E-state index in [9.17, 15) is 9.59 Å². The zero-order valence-electron chi connectivity index (χ0n) is 17.0. The summed E-state index contributed by atoms with van der Waals surface area (Å²) in [6, 6.07) is 14.1. The number of hydrogen-bond acceptors (Lipinski definition) is 4. The van der Waals surface area contributed by atoms with Crippen LogP contribution in [0.25, 0.3) is 0 Å². The molecular weight excluding hydrogens is 368 g/mol. The Hall–Kier alpha value is -3.02. The quantitative estimate of drug-likeness (QED) is 0.781. The average molecular weight is 396 g/mol. The standard InChI is InChI=1S/C23H28N2O4/c1-28-19-14-18(15-20(16-19)29-2)22(26)24-21(13-17-9-5-3-6-10-17)23(27)25-11-7-4-8-12-25/h3,5-6,9-10,14-16,21H,4,7-8,11-13H2,1-2H3,(H,24,26)/t21-/m0/s1. The Morgan fingerprint density at radius 2 is 1.59 bits per heavy atom. The zero-order valence-corrected chi connectivity index (χ0v) is 17.0. The third kappa shape index (κ3) is 5.50. The number of methoxy groups -OCH3 is 2. The lowest BCUT2D eigenvalue weighted by molar-refractivity contribution is -0.134. The van der Waals surface area contributed by atoms with Gasteiger partial charge in [0.25, 0.3) is 5.91 Å². The van der Waals surface area contributed by atoms with Crippen molar-refractivity contribution in [3.05, 3.63) is 59.7 Å². The van der Waals surface area contributed by atoms with Gasteiger partial charge in [-0.15, -0.1) is 0 Å². The van der Waals surface area contributed by atoms with E-state index >= 15 is 0 Å². The maximum absolute atomic E-state index is 13.2. The largest absolute Gasteiger partial charge is 0.497 e. The second-order valence-corrected chi connectivity index (χ2v) is 7.20. The predicted octanol–water partition coefficient (Wildman–Crippen LogP) is 3.06. The van der Waals surface area contributed by atoms with Crippen LogP contribution in [0.1, 0.15) is 35.2 Å². The van der Waals surface area contributed by atoms with E-state index in [4.69, 9.17) is 9.47 Å². The van der Waals surface area contributed by atoms with Gasteiger partial charge in [0, 0.05) is 31.1 Å². The highest BCUT2D eigenvalue weighted by Gasteiger charge is 2.27. The number of amides is 2. The molecule has 1 fully saturated rings. The van der Waals surface area contributed by atoms with Gasteiger partial charge in [-0.25, -0.2) is 0 Å². The van der Waals surface area contributed by atoms with Gasteiger partial charge >= 0.3 is 0 Å². The minimum atomic E-state index is -0.625. The summed E-state index contributed by atoms with van der Waals surface area (Å²) in [6.07, 6.45) is 3.60. The Labute approximate surface area is 171 Å². The molecule has 6 nitrogen and oxygen atoms in total. The summed E-state index contributed by atoms with van der Waals surface area (Å²) in [5.41, 5.74) is 1.40. The fourth-order valence-electron chi connectivity index (χ4n) is 3.56. The van der Waals surface area contributed by atoms with Crippen LogP contribution in [0.15, 0.2) is 48.5 Å². The molecule has 0 spiro atoms. The Bertz CT molecular complexity index is 810. The fourth-order valence-corrected chi connectivity index (χ4v) is 3.56. The first-order chi connectivity index (χ1) is 14.1. The van der Waals surface area contributed by atoms with Gasteiger partial charge in [0.05, 0.1) is 14.2 Å². The van der Waals surface area contributed by atoms with Crippen LogP contribution in [0.2, 0.25) is 0 Å². The van der Waals surface area contributed by atoms with Crippen molar-refractivity contribution in [3.8, 4) is 11.5 Å². The molecule has 6 heteroatoms. The van der Waals surface area contributed by atoms with Crippen LogP contribution in [0.5, 0.6) is 11.5 Å². The molecule has 1 aliphatic rings. The highest BCUT2D eigenvalue weighted by Crippen LogP contribution is 2.23. The van der Waals surface area contributed by atoms with Crippen molar-refractivity contribution >= 4 is 11.8 Å². The predicted molar refractivity (Wildman–Crippen MR) is 111 cm³/mol. The third-order valence-corrected chi connectivity index (χ3v) is 5.17. The summed E-state index contributed by atoms with van der Waals surface area (Å²) in [5.74, 6) is 0.693. The molecule has 1 atom stereocenters. The molecule has 3 rings (SSSR count). The number of carbonyl (C=O) groups excluding carboxylic acids is 2. The van der Waals surface area contributed by atoms with Crippen LogP contribution < -0.4 is 14.8 Å². The second-order valence-electron chi connectivity index (χ2n) is 7.20. The molecular formula is C23H28N2O4. The highest BCUT2D eigenvalue weighted by molar-refractivity contribution is 5.98. The molecule has 0 bridgehead atoms. The van der Waals surface area contributed by atoms with E-state index in [1.54, 1.807) is 18.2 Å². The number of benzene rings is 2. The van der Waals surface area contributed by atoms with Crippen LogP contribution in [0.3, 0.4) is 0 Å². The van der Waals surface area contributed by atoms with Gasteiger partial charge in [-0.3, -0.25) is 9.59 Å². The fraction of sp³-hybridized carbons (Fsp3) is 0.391. The Morgan fingerprint density at radius 1 is 0.966 bits per heavy atom. The van der Waals surface area contributed by atoms with E-state index < -0.39 is 6.04 Å². The number of nitrogens with zero attached hydrogens (tertiary/aromatic N) is 1. The molecule has 1 N–H and O–H groups in total. The van der Waals surface area contributed by atoms with Crippen molar-refractivity contribution in [1.82, 2.24) is 10.2 Å². The van der Waals surface area contributed by atoms with Crippen LogP contribution in [0.4, 0.5) is 0 Å². The SMILES string of the molecule is COc1cc(OC)cc(C(=O)N[C@@H](Cc2ccccc2)C(=O)N2CCCCC2)c1. The van der Waals surface area contributed by atoms with E-state index in [1.165, 1.54) is 14.2 Å². The van der Waals surface area contributed by atoms with Crippen LogP contribution in [-0.4, -0.2) is 50.1 Å². The van der Waals surface area contributed by atoms with Gasteiger partial charge in [0.2, 0.25) is 5.91 Å². The van der Waals surface area contributed by atoms with Crippen LogP contribution in [-0.2, 0) is 11.2 Å². The van der Waals surface area contributed by atoms with E-state index in [0.29, 0.717) is 23.5 Å². The van der Waals surface area contributed by atoms with Crippen LogP contribution in [0, 0.1) is 0 Å². The van der Waals surface area contributed by atoms with Gasteiger partial charge in [-0.05, 0) is 37.0 Å². The van der Waals surface area contributed by atoms with Crippen molar-refractivity contribution in [1.29, 1.82) is 0 Å². The molecule has 1 saturated heterocycles. The lowest BCUT2D eigenvalue weighted by atomic mass is 10.0. The van der Waals surface area contributed by atoms with Gasteiger partial charge in [-0.2, -0.15) is 0 Å². The summed E-state index contributed by atoms with van der Waals surface area (Å²) in [5, 5.41) is 2.94. The molecule has 2 aromatic carbocycles. The molecule has 0 unspecified atom stereocenters. The molecule has 1 heterocycles. The molecule has 2 aromatic rings. The molecule has 0 aromatic heterocycles. The Kier molecular flexibility index (Phi) is 7.11. The minimum absolute atomic E-state index is 0.0308. The van der Waals surface area contributed by atoms with E-state index in [0.717, 1.165) is 37.9 Å². The number of nitrogens with one attached hydrogen (secondary N) is 1. The number of rotatable bonds is 7. The molecule has 0 saturated carbocycles. The van der Waals surface area contributed by atoms with Crippen molar-refractivity contribution in [2.45, 2.75) is 31.7 Å². The molecule has 29 heavy (non-hydrogen) atoms. The average Bonchev–Trinajstić information content (AvgIpc) is 2.78. The van der Waals surface area contributed by atoms with Gasteiger partial charge < -0.3 is 19.7 Å². The first-order valence-corrected chi connectivity index (χ1v) is 9.97. The Balaban J connectivity index is 1.81. The number of piperidine rings is 1. The smallest absolute Gasteiger partial charge is 0.252 e. The number of ether oxygens (including phenoxy) is 2. The van der Waals surface area contributed by atoms with Crippen molar-refractivity contribution in [2.24, 2.45) is 0 Å². The summed E-state index contributed by atoms with van der Waals surface area (Å²) in [7, 11) is 3.07. The summed E-state index contributed by atoms with van der Waals surface area (Å²) in [4.78, 5) is 28.0. The molecule has 2 amide bonds.